The Morgan fingerprint density at radius 1 is 1.24 bits per heavy atom. The van der Waals surface area contributed by atoms with Crippen LogP contribution in [0.15, 0.2) is 0 Å². The molecule has 1 saturated heterocycles. The van der Waals surface area contributed by atoms with Crippen molar-refractivity contribution in [1.82, 2.24) is 10.6 Å². The summed E-state index contributed by atoms with van der Waals surface area (Å²) < 4.78 is 0. The molecule has 1 saturated carbocycles. The number of hydrogen-bond acceptors (Lipinski definition) is 2. The van der Waals surface area contributed by atoms with E-state index >= 15 is 0 Å². The predicted octanol–water partition coefficient (Wildman–Crippen LogP) is 3.38. The van der Waals surface area contributed by atoms with Crippen LogP contribution in [0.3, 0.4) is 0 Å². The lowest BCUT2D eigenvalue weighted by Gasteiger charge is -2.29. The molecule has 3 nitrogen and oxygen atoms in total. The summed E-state index contributed by atoms with van der Waals surface area (Å²) in [4.78, 5) is 12.1. The van der Waals surface area contributed by atoms with Crippen molar-refractivity contribution < 1.29 is 4.79 Å². The Morgan fingerprint density at radius 2 is 1.95 bits per heavy atom. The topological polar surface area (TPSA) is 41.1 Å². The molecule has 1 heterocycles. The fourth-order valence-electron chi connectivity index (χ4n) is 3.69. The van der Waals surface area contributed by atoms with Crippen molar-refractivity contribution in [2.45, 2.75) is 58.8 Å². The van der Waals surface area contributed by atoms with Crippen molar-refractivity contribution in [3.63, 3.8) is 0 Å². The fraction of sp³-hybridized carbons (Fsp3) is 0.941. The molecule has 1 amide bonds. The molecule has 1 aliphatic heterocycles. The maximum atomic E-state index is 12.1. The Bertz CT molecular complexity index is 297. The summed E-state index contributed by atoms with van der Waals surface area (Å²) in [6.45, 7) is 7.72. The number of nitrogens with one attached hydrogen (secondary N) is 2. The number of rotatable bonds is 5. The van der Waals surface area contributed by atoms with Gasteiger partial charge in [0.1, 0.15) is 0 Å². The Morgan fingerprint density at radius 3 is 2.57 bits per heavy atom. The molecule has 2 N–H and O–H groups in total. The third-order valence-electron chi connectivity index (χ3n) is 5.37. The van der Waals surface area contributed by atoms with E-state index in [0.717, 1.165) is 31.5 Å². The van der Waals surface area contributed by atoms with Crippen LogP contribution in [0.5, 0.6) is 0 Å². The van der Waals surface area contributed by atoms with E-state index < -0.39 is 0 Å². The quantitative estimate of drug-likeness (QED) is 0.816. The van der Waals surface area contributed by atoms with Crippen molar-refractivity contribution in [2.75, 3.05) is 19.6 Å². The largest absolute Gasteiger partial charge is 0.356 e. The summed E-state index contributed by atoms with van der Waals surface area (Å²) in [5.41, 5.74) is 0. The van der Waals surface area contributed by atoms with E-state index in [1.807, 2.05) is 0 Å². The van der Waals surface area contributed by atoms with Gasteiger partial charge in [-0.15, -0.1) is 12.4 Å². The molecule has 2 unspecified atom stereocenters. The molecular formula is C17H33ClN2O. The predicted molar refractivity (Wildman–Crippen MR) is 90.8 cm³/mol. The molecule has 2 atom stereocenters. The average molecular weight is 317 g/mol. The van der Waals surface area contributed by atoms with Crippen LogP contribution in [-0.2, 0) is 4.79 Å². The van der Waals surface area contributed by atoms with Gasteiger partial charge in [0.05, 0.1) is 0 Å². The number of carbonyl (C=O) groups is 1. The first-order chi connectivity index (χ1) is 9.65. The van der Waals surface area contributed by atoms with E-state index in [0.29, 0.717) is 18.3 Å². The normalized spacial score (nSPS) is 31.0. The first-order valence-corrected chi connectivity index (χ1v) is 8.62. The second kappa shape index (κ2) is 9.68. The lowest BCUT2D eigenvalue weighted by atomic mass is 9.83. The Hall–Kier alpha value is -0.280. The van der Waals surface area contributed by atoms with Gasteiger partial charge in [-0.05, 0) is 62.4 Å². The molecule has 0 spiro atoms. The summed E-state index contributed by atoms with van der Waals surface area (Å²) in [6, 6.07) is 0. The van der Waals surface area contributed by atoms with Crippen molar-refractivity contribution in [1.29, 1.82) is 0 Å². The maximum Gasteiger partial charge on any atom is 0.220 e. The van der Waals surface area contributed by atoms with Crippen LogP contribution < -0.4 is 10.6 Å². The van der Waals surface area contributed by atoms with Crippen LogP contribution in [0.4, 0.5) is 0 Å². The van der Waals surface area contributed by atoms with Crippen LogP contribution in [0.2, 0.25) is 0 Å². The smallest absolute Gasteiger partial charge is 0.220 e. The minimum Gasteiger partial charge on any atom is -0.356 e. The van der Waals surface area contributed by atoms with Crippen LogP contribution >= 0.6 is 12.4 Å². The van der Waals surface area contributed by atoms with E-state index in [-0.39, 0.29) is 18.3 Å². The molecule has 1 aliphatic carbocycles. The molecule has 0 radical (unpaired) electrons. The average Bonchev–Trinajstić information content (AvgIpc) is 2.47. The minimum atomic E-state index is 0. The highest BCUT2D eigenvalue weighted by Gasteiger charge is 2.23. The van der Waals surface area contributed by atoms with Crippen molar-refractivity contribution in [2.24, 2.45) is 23.7 Å². The first kappa shape index (κ1) is 18.8. The molecule has 21 heavy (non-hydrogen) atoms. The zero-order valence-corrected chi connectivity index (χ0v) is 14.5. The van der Waals surface area contributed by atoms with Crippen LogP contribution in [0.1, 0.15) is 58.8 Å². The summed E-state index contributed by atoms with van der Waals surface area (Å²) in [5, 5.41) is 6.62. The second-order valence-corrected chi connectivity index (χ2v) is 7.22. The Balaban J connectivity index is 0.00000220. The van der Waals surface area contributed by atoms with E-state index in [1.54, 1.807) is 0 Å². The lowest BCUT2D eigenvalue weighted by Crippen LogP contribution is -2.36. The van der Waals surface area contributed by atoms with Gasteiger partial charge in [0.15, 0.2) is 0 Å². The maximum absolute atomic E-state index is 12.1. The lowest BCUT2D eigenvalue weighted by molar-refractivity contribution is -0.122. The van der Waals surface area contributed by atoms with Crippen LogP contribution in [-0.4, -0.2) is 25.5 Å². The van der Waals surface area contributed by atoms with Crippen molar-refractivity contribution in [3.8, 4) is 0 Å². The van der Waals surface area contributed by atoms with Gasteiger partial charge in [-0.1, -0.05) is 26.7 Å². The number of piperidine rings is 1. The molecular weight excluding hydrogens is 284 g/mol. The Labute approximate surface area is 136 Å². The van der Waals surface area contributed by atoms with Crippen molar-refractivity contribution in [3.05, 3.63) is 0 Å². The standard InChI is InChI=1S/C17H32N2O.ClH/c1-13-5-7-15(8-6-13)11-19-17(20)10-14(2)16-4-3-9-18-12-16;/h13-16,18H,3-12H2,1-2H3,(H,19,20);1H. The minimum absolute atomic E-state index is 0. The third-order valence-corrected chi connectivity index (χ3v) is 5.37. The highest BCUT2D eigenvalue weighted by molar-refractivity contribution is 5.85. The van der Waals surface area contributed by atoms with E-state index in [1.165, 1.54) is 38.5 Å². The van der Waals surface area contributed by atoms with E-state index in [4.69, 9.17) is 0 Å². The molecule has 0 aromatic carbocycles. The highest BCUT2D eigenvalue weighted by Crippen LogP contribution is 2.28. The molecule has 0 aromatic rings. The molecule has 2 fully saturated rings. The van der Waals surface area contributed by atoms with E-state index in [9.17, 15) is 4.79 Å². The van der Waals surface area contributed by atoms with Gasteiger partial charge in [-0.2, -0.15) is 0 Å². The monoisotopic (exact) mass is 316 g/mol. The number of hydrogen-bond donors (Lipinski definition) is 2. The summed E-state index contributed by atoms with van der Waals surface area (Å²) in [6.07, 6.45) is 8.51. The zero-order valence-electron chi connectivity index (χ0n) is 13.7. The summed E-state index contributed by atoms with van der Waals surface area (Å²) in [7, 11) is 0. The molecule has 4 heteroatoms. The van der Waals surface area contributed by atoms with E-state index in [2.05, 4.69) is 24.5 Å². The highest BCUT2D eigenvalue weighted by atomic mass is 35.5. The number of halogens is 1. The first-order valence-electron chi connectivity index (χ1n) is 8.62. The molecule has 2 rings (SSSR count). The summed E-state index contributed by atoms with van der Waals surface area (Å²) >= 11 is 0. The van der Waals surface area contributed by atoms with Crippen LogP contribution in [0.25, 0.3) is 0 Å². The van der Waals surface area contributed by atoms with Gasteiger partial charge in [0.2, 0.25) is 5.91 Å². The van der Waals surface area contributed by atoms with Gasteiger partial charge >= 0.3 is 0 Å². The SMILES string of the molecule is CC1CCC(CNC(=O)CC(C)C2CCCNC2)CC1.Cl. The zero-order chi connectivity index (χ0) is 14.4. The van der Waals surface area contributed by atoms with Gasteiger partial charge in [0, 0.05) is 13.0 Å². The number of carbonyl (C=O) groups excluding carboxylic acids is 1. The molecule has 0 bridgehead atoms. The van der Waals surface area contributed by atoms with Gasteiger partial charge in [-0.25, -0.2) is 0 Å². The summed E-state index contributed by atoms with van der Waals surface area (Å²) in [5.74, 6) is 3.07. The Kier molecular flexibility index (Phi) is 8.65. The number of amides is 1. The molecule has 0 aromatic heterocycles. The molecule has 2 aliphatic rings. The van der Waals surface area contributed by atoms with Gasteiger partial charge in [-0.3, -0.25) is 4.79 Å². The molecule has 124 valence electrons. The van der Waals surface area contributed by atoms with Gasteiger partial charge < -0.3 is 10.6 Å². The second-order valence-electron chi connectivity index (χ2n) is 7.22. The van der Waals surface area contributed by atoms with Crippen LogP contribution in [0, 0.1) is 23.7 Å². The fourth-order valence-corrected chi connectivity index (χ4v) is 3.69. The van der Waals surface area contributed by atoms with Gasteiger partial charge in [0.25, 0.3) is 0 Å². The van der Waals surface area contributed by atoms with Crippen molar-refractivity contribution >= 4 is 18.3 Å². The third kappa shape index (κ3) is 6.56.